The fourth-order valence-electron chi connectivity index (χ4n) is 2.43. The number of aromatic nitrogens is 2. The molecule has 0 bridgehead atoms. The molecule has 3 aromatic rings. The predicted molar refractivity (Wildman–Crippen MR) is 97.8 cm³/mol. The standard InChI is InChI=1S/C19H17N3O4/c1-26-15-9-7-14(8-10-15)20-18(24)16-11-17(23)22(19(25)21-16)12-13-5-3-2-4-6-13/h2-11H,12H2,1H3,(H,20,24)(H,21,25). The number of H-pyrrole nitrogens is 1. The number of methoxy groups -OCH3 is 1. The largest absolute Gasteiger partial charge is 0.497 e. The number of amides is 1. The van der Waals surface area contributed by atoms with Crippen molar-refractivity contribution < 1.29 is 9.53 Å². The molecule has 0 fully saturated rings. The summed E-state index contributed by atoms with van der Waals surface area (Å²) in [5.41, 5.74) is 0.0551. The van der Waals surface area contributed by atoms with E-state index in [-0.39, 0.29) is 12.2 Å². The number of anilines is 1. The van der Waals surface area contributed by atoms with E-state index < -0.39 is 17.2 Å². The maximum atomic E-state index is 12.3. The first-order valence-corrected chi connectivity index (χ1v) is 7.90. The van der Waals surface area contributed by atoms with Gasteiger partial charge in [-0.15, -0.1) is 0 Å². The number of ether oxygens (including phenoxy) is 1. The van der Waals surface area contributed by atoms with Gasteiger partial charge in [0.25, 0.3) is 11.5 Å². The van der Waals surface area contributed by atoms with E-state index in [0.717, 1.165) is 16.2 Å². The van der Waals surface area contributed by atoms with Crippen LogP contribution in [0.4, 0.5) is 5.69 Å². The molecule has 2 N–H and O–H groups in total. The van der Waals surface area contributed by atoms with E-state index in [4.69, 9.17) is 4.74 Å². The third kappa shape index (κ3) is 3.89. The number of nitrogens with one attached hydrogen (secondary N) is 2. The van der Waals surface area contributed by atoms with Gasteiger partial charge >= 0.3 is 5.69 Å². The molecule has 7 heteroatoms. The van der Waals surface area contributed by atoms with E-state index in [2.05, 4.69) is 10.3 Å². The number of hydrogen-bond donors (Lipinski definition) is 2. The van der Waals surface area contributed by atoms with Gasteiger partial charge in [-0.2, -0.15) is 0 Å². The summed E-state index contributed by atoms with van der Waals surface area (Å²) >= 11 is 0. The fourth-order valence-corrected chi connectivity index (χ4v) is 2.43. The number of carbonyl (C=O) groups excluding carboxylic acids is 1. The van der Waals surface area contributed by atoms with E-state index in [1.807, 2.05) is 30.3 Å². The normalized spacial score (nSPS) is 10.3. The number of nitrogens with zero attached hydrogens (tertiary/aromatic N) is 1. The van der Waals surface area contributed by atoms with Gasteiger partial charge in [-0.05, 0) is 29.8 Å². The van der Waals surface area contributed by atoms with Crippen molar-refractivity contribution in [2.45, 2.75) is 6.54 Å². The molecule has 132 valence electrons. The first kappa shape index (κ1) is 17.2. The van der Waals surface area contributed by atoms with Crippen LogP contribution in [-0.4, -0.2) is 22.6 Å². The minimum Gasteiger partial charge on any atom is -0.497 e. The summed E-state index contributed by atoms with van der Waals surface area (Å²) in [6.07, 6.45) is 0. The third-order valence-corrected chi connectivity index (χ3v) is 3.80. The molecule has 0 aliphatic heterocycles. The average Bonchev–Trinajstić information content (AvgIpc) is 2.66. The lowest BCUT2D eigenvalue weighted by molar-refractivity contribution is 0.102. The lowest BCUT2D eigenvalue weighted by Crippen LogP contribution is -2.37. The highest BCUT2D eigenvalue weighted by molar-refractivity contribution is 6.02. The average molecular weight is 351 g/mol. The van der Waals surface area contributed by atoms with Crippen molar-refractivity contribution in [3.05, 3.63) is 92.8 Å². The second-order valence-electron chi connectivity index (χ2n) is 5.58. The molecule has 7 nitrogen and oxygen atoms in total. The summed E-state index contributed by atoms with van der Waals surface area (Å²) in [6.45, 7) is 0.134. The van der Waals surface area contributed by atoms with Gasteiger partial charge in [-0.1, -0.05) is 30.3 Å². The highest BCUT2D eigenvalue weighted by atomic mass is 16.5. The molecule has 0 saturated heterocycles. The Labute approximate surface area is 148 Å². The van der Waals surface area contributed by atoms with E-state index in [9.17, 15) is 14.4 Å². The van der Waals surface area contributed by atoms with Gasteiger partial charge in [0, 0.05) is 11.8 Å². The van der Waals surface area contributed by atoms with Gasteiger partial charge in [0.1, 0.15) is 11.4 Å². The maximum absolute atomic E-state index is 12.3. The summed E-state index contributed by atoms with van der Waals surface area (Å²) < 4.78 is 6.09. The van der Waals surface area contributed by atoms with Crippen molar-refractivity contribution in [1.82, 2.24) is 9.55 Å². The van der Waals surface area contributed by atoms with Crippen LogP contribution in [0.3, 0.4) is 0 Å². The highest BCUT2D eigenvalue weighted by Gasteiger charge is 2.12. The molecule has 0 radical (unpaired) electrons. The van der Waals surface area contributed by atoms with Gasteiger partial charge < -0.3 is 15.0 Å². The number of hydrogen-bond acceptors (Lipinski definition) is 4. The second-order valence-corrected chi connectivity index (χ2v) is 5.58. The number of carbonyl (C=O) groups is 1. The van der Waals surface area contributed by atoms with Gasteiger partial charge in [-0.25, -0.2) is 4.79 Å². The maximum Gasteiger partial charge on any atom is 0.329 e. The van der Waals surface area contributed by atoms with Crippen LogP contribution in [0.1, 0.15) is 16.1 Å². The quantitative estimate of drug-likeness (QED) is 0.734. The Kier molecular flexibility index (Phi) is 4.98. The molecule has 0 aliphatic rings. The Hall–Kier alpha value is -3.61. The van der Waals surface area contributed by atoms with Crippen molar-refractivity contribution in [3.8, 4) is 5.75 Å². The van der Waals surface area contributed by atoms with Crippen molar-refractivity contribution in [2.24, 2.45) is 0 Å². The summed E-state index contributed by atoms with van der Waals surface area (Å²) in [6, 6.07) is 16.9. The SMILES string of the molecule is COc1ccc(NC(=O)c2cc(=O)n(Cc3ccccc3)c(=O)[nH]2)cc1. The highest BCUT2D eigenvalue weighted by Crippen LogP contribution is 2.15. The Morgan fingerprint density at radius 2 is 1.77 bits per heavy atom. The van der Waals surface area contributed by atoms with Crippen LogP contribution in [0, 0.1) is 0 Å². The molecule has 1 amide bonds. The van der Waals surface area contributed by atoms with Gasteiger partial charge in [0.05, 0.1) is 13.7 Å². The number of benzene rings is 2. The Bertz CT molecular complexity index is 990. The van der Waals surface area contributed by atoms with Crippen LogP contribution in [0.5, 0.6) is 5.75 Å². The zero-order valence-corrected chi connectivity index (χ0v) is 14.1. The minimum atomic E-state index is -0.638. The van der Waals surface area contributed by atoms with Crippen molar-refractivity contribution >= 4 is 11.6 Å². The van der Waals surface area contributed by atoms with Gasteiger partial charge in [0.15, 0.2) is 0 Å². The molecule has 1 heterocycles. The van der Waals surface area contributed by atoms with E-state index in [0.29, 0.717) is 11.4 Å². The molecule has 0 saturated carbocycles. The second kappa shape index (κ2) is 7.52. The first-order chi connectivity index (χ1) is 12.6. The summed E-state index contributed by atoms with van der Waals surface area (Å²) in [7, 11) is 1.54. The topological polar surface area (TPSA) is 93.2 Å². The van der Waals surface area contributed by atoms with Crippen molar-refractivity contribution in [3.63, 3.8) is 0 Å². The van der Waals surface area contributed by atoms with Crippen LogP contribution in [0.25, 0.3) is 0 Å². The zero-order chi connectivity index (χ0) is 18.5. The number of rotatable bonds is 5. The van der Waals surface area contributed by atoms with Crippen LogP contribution in [0.2, 0.25) is 0 Å². The monoisotopic (exact) mass is 351 g/mol. The zero-order valence-electron chi connectivity index (χ0n) is 14.1. The molecule has 0 unspecified atom stereocenters. The van der Waals surface area contributed by atoms with Crippen LogP contribution < -0.4 is 21.3 Å². The fraction of sp³-hybridized carbons (Fsp3) is 0.105. The molecule has 0 atom stereocenters. The molecule has 26 heavy (non-hydrogen) atoms. The van der Waals surface area contributed by atoms with Crippen LogP contribution in [-0.2, 0) is 6.54 Å². The predicted octanol–water partition coefficient (Wildman–Crippen LogP) is 1.85. The lowest BCUT2D eigenvalue weighted by Gasteiger charge is -2.08. The molecule has 1 aromatic heterocycles. The van der Waals surface area contributed by atoms with Gasteiger partial charge in [-0.3, -0.25) is 14.2 Å². The van der Waals surface area contributed by atoms with Crippen molar-refractivity contribution in [2.75, 3.05) is 12.4 Å². The van der Waals surface area contributed by atoms with Crippen LogP contribution in [0.15, 0.2) is 70.3 Å². The molecule has 2 aromatic carbocycles. The smallest absolute Gasteiger partial charge is 0.329 e. The molecule has 0 aliphatic carbocycles. The van der Waals surface area contributed by atoms with Gasteiger partial charge in [0.2, 0.25) is 0 Å². The van der Waals surface area contributed by atoms with E-state index in [1.54, 1.807) is 31.4 Å². The molecular formula is C19H17N3O4. The van der Waals surface area contributed by atoms with Crippen LogP contribution >= 0.6 is 0 Å². The molecule has 3 rings (SSSR count). The van der Waals surface area contributed by atoms with E-state index >= 15 is 0 Å². The first-order valence-electron chi connectivity index (χ1n) is 7.90. The van der Waals surface area contributed by atoms with E-state index in [1.165, 1.54) is 0 Å². The Morgan fingerprint density at radius 1 is 1.08 bits per heavy atom. The Balaban J connectivity index is 1.81. The summed E-state index contributed by atoms with van der Waals surface area (Å²) in [5, 5.41) is 2.62. The molecule has 0 spiro atoms. The Morgan fingerprint density at radius 3 is 2.38 bits per heavy atom. The number of aromatic amines is 1. The minimum absolute atomic E-state index is 0.0971. The van der Waals surface area contributed by atoms with Crippen molar-refractivity contribution in [1.29, 1.82) is 0 Å². The molecular weight excluding hydrogens is 334 g/mol. The lowest BCUT2D eigenvalue weighted by atomic mass is 10.2. The summed E-state index contributed by atoms with van der Waals surface area (Å²) in [5.74, 6) is 0.0798. The summed E-state index contributed by atoms with van der Waals surface area (Å²) in [4.78, 5) is 39.2. The third-order valence-electron chi connectivity index (χ3n) is 3.80.